The van der Waals surface area contributed by atoms with Gasteiger partial charge in [0.25, 0.3) is 0 Å². The van der Waals surface area contributed by atoms with Crippen LogP contribution in [0, 0.1) is 5.41 Å². The molecule has 1 heterocycles. The van der Waals surface area contributed by atoms with E-state index < -0.39 is 0 Å². The lowest BCUT2D eigenvalue weighted by molar-refractivity contribution is 0.145. The van der Waals surface area contributed by atoms with Gasteiger partial charge < -0.3 is 10.1 Å². The van der Waals surface area contributed by atoms with Crippen LogP contribution in [-0.2, 0) is 4.74 Å². The van der Waals surface area contributed by atoms with Gasteiger partial charge in [0.15, 0.2) is 0 Å². The van der Waals surface area contributed by atoms with E-state index in [-0.39, 0.29) is 6.10 Å². The molecule has 1 aliphatic heterocycles. The summed E-state index contributed by atoms with van der Waals surface area (Å²) >= 11 is 0. The van der Waals surface area contributed by atoms with Crippen molar-refractivity contribution in [3.8, 4) is 0 Å². The molecule has 1 atom stereocenters. The van der Waals surface area contributed by atoms with Gasteiger partial charge in [0, 0.05) is 12.1 Å². The van der Waals surface area contributed by atoms with E-state index in [0.29, 0.717) is 0 Å². The summed E-state index contributed by atoms with van der Waals surface area (Å²) in [6.07, 6.45) is 0.932. The molecule has 7 heavy (non-hydrogen) atoms. The first-order valence-corrected chi connectivity index (χ1v) is 2.49. The summed E-state index contributed by atoms with van der Waals surface area (Å²) in [4.78, 5) is 0. The minimum Gasteiger partial charge on any atom is -0.372 e. The third kappa shape index (κ3) is 0.800. The summed E-state index contributed by atoms with van der Waals surface area (Å²) in [6.45, 7) is 2.66. The van der Waals surface area contributed by atoms with E-state index in [9.17, 15) is 0 Å². The third-order valence-corrected chi connectivity index (χ3v) is 1.23. The molecule has 0 bridgehead atoms. The molecule has 0 aromatic heterocycles. The molecule has 1 saturated heterocycles. The fraction of sp³-hybridized carbons (Fsp3) is 0.800. The summed E-state index contributed by atoms with van der Waals surface area (Å²) in [5.41, 5.74) is 0.736. The van der Waals surface area contributed by atoms with Gasteiger partial charge in [-0.05, 0) is 6.92 Å². The highest BCUT2D eigenvalue weighted by Crippen LogP contribution is 2.05. The van der Waals surface area contributed by atoms with Crippen LogP contribution in [0.5, 0.6) is 0 Å². The average Bonchev–Trinajstić information content (AvgIpc) is 1.91. The van der Waals surface area contributed by atoms with Crippen molar-refractivity contribution in [3.05, 3.63) is 0 Å². The Kier molecular flexibility index (Phi) is 1.11. The van der Waals surface area contributed by atoms with Gasteiger partial charge in [0.2, 0.25) is 0 Å². The Morgan fingerprint density at radius 3 is 2.71 bits per heavy atom. The lowest BCUT2D eigenvalue weighted by Gasteiger charge is -1.96. The van der Waals surface area contributed by atoms with Crippen LogP contribution in [0.4, 0.5) is 0 Å². The van der Waals surface area contributed by atoms with Crippen molar-refractivity contribution < 1.29 is 4.74 Å². The highest BCUT2D eigenvalue weighted by Gasteiger charge is 2.15. The van der Waals surface area contributed by atoms with E-state index in [4.69, 9.17) is 10.1 Å². The number of ether oxygens (including phenoxy) is 1. The highest BCUT2D eigenvalue weighted by molar-refractivity contribution is 5.86. The Hall–Kier alpha value is -0.370. The summed E-state index contributed by atoms with van der Waals surface area (Å²) in [7, 11) is 0. The van der Waals surface area contributed by atoms with Crippen molar-refractivity contribution in [3.63, 3.8) is 0 Å². The van der Waals surface area contributed by atoms with E-state index >= 15 is 0 Å². The monoisotopic (exact) mass is 99.1 g/mol. The second kappa shape index (κ2) is 1.62. The van der Waals surface area contributed by atoms with Gasteiger partial charge in [0.05, 0.1) is 12.7 Å². The molecule has 0 saturated carbocycles. The van der Waals surface area contributed by atoms with Crippen molar-refractivity contribution in [2.75, 3.05) is 6.61 Å². The Morgan fingerprint density at radius 2 is 2.57 bits per heavy atom. The second-order valence-corrected chi connectivity index (χ2v) is 1.79. The van der Waals surface area contributed by atoms with E-state index in [2.05, 4.69) is 0 Å². The fourth-order valence-corrected chi connectivity index (χ4v) is 0.650. The van der Waals surface area contributed by atoms with Crippen molar-refractivity contribution in [1.29, 1.82) is 5.41 Å². The Labute approximate surface area is 43.0 Å². The number of hydrogen-bond acceptors (Lipinski definition) is 2. The SMILES string of the molecule is C[C@H]1OCCC1=N. The summed E-state index contributed by atoms with van der Waals surface area (Å²) in [6, 6.07) is 0. The molecular weight excluding hydrogens is 90.1 g/mol. The van der Waals surface area contributed by atoms with E-state index in [1.807, 2.05) is 6.92 Å². The van der Waals surface area contributed by atoms with Crippen LogP contribution in [0.1, 0.15) is 13.3 Å². The maximum absolute atomic E-state index is 7.13. The predicted molar refractivity (Wildman–Crippen MR) is 27.8 cm³/mol. The Morgan fingerprint density at radius 1 is 1.86 bits per heavy atom. The molecule has 1 rings (SSSR count). The van der Waals surface area contributed by atoms with E-state index in [0.717, 1.165) is 18.7 Å². The zero-order valence-electron chi connectivity index (χ0n) is 4.40. The molecule has 40 valence electrons. The van der Waals surface area contributed by atoms with Crippen LogP contribution < -0.4 is 0 Å². The number of rotatable bonds is 0. The Balaban J connectivity index is 2.48. The summed E-state index contributed by atoms with van der Waals surface area (Å²) < 4.78 is 5.04. The maximum atomic E-state index is 7.13. The molecule has 0 aliphatic carbocycles. The molecular formula is C5H9NO. The second-order valence-electron chi connectivity index (χ2n) is 1.79. The molecule has 0 radical (unpaired) electrons. The van der Waals surface area contributed by atoms with E-state index in [1.54, 1.807) is 0 Å². The predicted octanol–water partition coefficient (Wildman–Crippen LogP) is 0.815. The molecule has 0 aromatic rings. The van der Waals surface area contributed by atoms with Gasteiger partial charge >= 0.3 is 0 Å². The fourth-order valence-electron chi connectivity index (χ4n) is 0.650. The molecule has 0 amide bonds. The standard InChI is InChI=1S/C5H9NO/c1-4-5(6)2-3-7-4/h4,6H,2-3H2,1H3/t4-/m1/s1. The van der Waals surface area contributed by atoms with Crippen LogP contribution in [0.25, 0.3) is 0 Å². The van der Waals surface area contributed by atoms with Crippen molar-refractivity contribution in [2.24, 2.45) is 0 Å². The zero-order valence-corrected chi connectivity index (χ0v) is 4.40. The number of hydrogen-bond donors (Lipinski definition) is 1. The molecule has 1 N–H and O–H groups in total. The van der Waals surface area contributed by atoms with Gasteiger partial charge in [-0.1, -0.05) is 0 Å². The molecule has 1 fully saturated rings. The van der Waals surface area contributed by atoms with Gasteiger partial charge in [-0.3, -0.25) is 0 Å². The van der Waals surface area contributed by atoms with Crippen molar-refractivity contribution >= 4 is 5.71 Å². The Bertz CT molecular complexity index is 90.1. The van der Waals surface area contributed by atoms with Gasteiger partial charge in [-0.2, -0.15) is 0 Å². The molecule has 2 nitrogen and oxygen atoms in total. The quantitative estimate of drug-likeness (QED) is 0.479. The summed E-state index contributed by atoms with van der Waals surface area (Å²) in [5.74, 6) is 0. The summed E-state index contributed by atoms with van der Waals surface area (Å²) in [5, 5.41) is 7.13. The van der Waals surface area contributed by atoms with Crippen LogP contribution >= 0.6 is 0 Å². The zero-order chi connectivity index (χ0) is 5.28. The van der Waals surface area contributed by atoms with Crippen molar-refractivity contribution in [1.82, 2.24) is 0 Å². The molecule has 1 aliphatic rings. The molecule has 0 spiro atoms. The van der Waals surface area contributed by atoms with Crippen LogP contribution in [-0.4, -0.2) is 18.4 Å². The minimum atomic E-state index is 0.0972. The average molecular weight is 99.1 g/mol. The van der Waals surface area contributed by atoms with Gasteiger partial charge in [-0.15, -0.1) is 0 Å². The smallest absolute Gasteiger partial charge is 0.0921 e. The number of nitrogens with one attached hydrogen (secondary N) is 1. The van der Waals surface area contributed by atoms with Crippen LogP contribution in [0.15, 0.2) is 0 Å². The normalized spacial score (nSPS) is 31.6. The first-order valence-electron chi connectivity index (χ1n) is 2.49. The van der Waals surface area contributed by atoms with Gasteiger partial charge in [-0.25, -0.2) is 0 Å². The third-order valence-electron chi connectivity index (χ3n) is 1.23. The lowest BCUT2D eigenvalue weighted by Crippen LogP contribution is -2.07. The largest absolute Gasteiger partial charge is 0.372 e. The molecule has 0 aromatic carbocycles. The highest BCUT2D eigenvalue weighted by atomic mass is 16.5. The lowest BCUT2D eigenvalue weighted by atomic mass is 10.2. The minimum absolute atomic E-state index is 0.0972. The maximum Gasteiger partial charge on any atom is 0.0921 e. The topological polar surface area (TPSA) is 33.1 Å². The van der Waals surface area contributed by atoms with Crippen LogP contribution in [0.3, 0.4) is 0 Å². The first kappa shape index (κ1) is 4.78. The van der Waals surface area contributed by atoms with Gasteiger partial charge in [0.1, 0.15) is 0 Å². The first-order chi connectivity index (χ1) is 3.30. The van der Waals surface area contributed by atoms with Crippen molar-refractivity contribution in [2.45, 2.75) is 19.4 Å². The van der Waals surface area contributed by atoms with Crippen LogP contribution in [0.2, 0.25) is 0 Å². The molecule has 2 heteroatoms. The molecule has 0 unspecified atom stereocenters. The van der Waals surface area contributed by atoms with E-state index in [1.165, 1.54) is 0 Å².